The van der Waals surface area contributed by atoms with Crippen LogP contribution in [-0.4, -0.2) is 139 Å². The van der Waals surface area contributed by atoms with Crippen molar-refractivity contribution in [1.29, 1.82) is 0 Å². The van der Waals surface area contributed by atoms with Crippen molar-refractivity contribution in [2.75, 3.05) is 67.6 Å². The molecule has 4 amide bonds. The highest BCUT2D eigenvalue weighted by atomic mass is 31.0. The summed E-state index contributed by atoms with van der Waals surface area (Å²) < 4.78 is 11.0. The minimum Gasteiger partial charge on any atom is -0.496 e. The first-order valence-electron chi connectivity index (χ1n) is 24.4. The molecule has 0 saturated heterocycles. The van der Waals surface area contributed by atoms with Gasteiger partial charge < -0.3 is 29.2 Å². The molecule has 0 spiro atoms. The van der Waals surface area contributed by atoms with E-state index < -0.39 is 5.97 Å². The average molecular weight is 1030 g/mol. The number of carboxylic acid groups (broad SMARTS) is 1. The Balaban J connectivity index is 0.000000273. The number of benzene rings is 6. The van der Waals surface area contributed by atoms with E-state index in [0.29, 0.717) is 103 Å². The normalized spacial score (nSPS) is 12.6. The maximum atomic E-state index is 13.6. The Morgan fingerprint density at radius 2 is 1.00 bits per heavy atom. The predicted molar refractivity (Wildman–Crippen MR) is 296 cm³/mol. The monoisotopic (exact) mass is 1030 g/mol. The first-order valence-corrected chi connectivity index (χ1v) is 24.4. The average Bonchev–Trinajstić information content (AvgIpc) is 3.37. The number of ketones is 3. The van der Waals surface area contributed by atoms with Crippen molar-refractivity contribution < 1.29 is 52.9 Å². The zero-order valence-electron chi connectivity index (χ0n) is 43.0. The van der Waals surface area contributed by atoms with E-state index in [1.807, 2.05) is 85.7 Å². The molecule has 2 heterocycles. The van der Waals surface area contributed by atoms with E-state index in [4.69, 9.17) is 14.6 Å². The molecule has 1 unspecified atom stereocenters. The number of hydrogen-bond donors (Lipinski definition) is 1. The molecule has 0 aromatic heterocycles. The second-order valence-electron chi connectivity index (χ2n) is 18.2. The van der Waals surface area contributed by atoms with Gasteiger partial charge in [0, 0.05) is 91.0 Å². The van der Waals surface area contributed by atoms with Gasteiger partial charge in [-0.15, -0.1) is 0 Å². The Bertz CT molecular complexity index is 3080. The van der Waals surface area contributed by atoms with Crippen LogP contribution in [0.15, 0.2) is 84.9 Å². The van der Waals surface area contributed by atoms with Crippen LogP contribution in [-0.2, 0) is 19.2 Å². The van der Waals surface area contributed by atoms with Crippen LogP contribution >= 0.6 is 9.90 Å². The van der Waals surface area contributed by atoms with Gasteiger partial charge in [-0.05, 0) is 105 Å². The van der Waals surface area contributed by atoms with Crippen molar-refractivity contribution in [2.24, 2.45) is 0 Å². The van der Waals surface area contributed by atoms with Gasteiger partial charge in [0.1, 0.15) is 28.8 Å². The number of carbonyl (C=O) groups is 8. The van der Waals surface area contributed by atoms with Crippen LogP contribution in [0.3, 0.4) is 0 Å². The number of rotatable bonds is 21. The number of hydrogen-bond acceptors (Lipinski definition) is 12. The van der Waals surface area contributed by atoms with Crippen LogP contribution in [0.2, 0.25) is 0 Å². The van der Waals surface area contributed by atoms with Gasteiger partial charge >= 0.3 is 5.97 Å². The van der Waals surface area contributed by atoms with Crippen LogP contribution < -0.4 is 9.47 Å². The van der Waals surface area contributed by atoms with E-state index in [9.17, 15) is 38.4 Å². The number of amides is 4. The molecule has 0 radical (unpaired) electrons. The summed E-state index contributed by atoms with van der Waals surface area (Å²) in [6.07, 6.45) is 3.28. The van der Waals surface area contributed by atoms with E-state index in [2.05, 4.69) is 11.8 Å². The van der Waals surface area contributed by atoms with Crippen LogP contribution in [0.25, 0.3) is 43.1 Å². The van der Waals surface area contributed by atoms with Crippen molar-refractivity contribution >= 4 is 99.9 Å². The number of nitrogens with zero attached hydrogens (tertiary/aromatic N) is 4. The highest BCUT2D eigenvalue weighted by molar-refractivity contribution is 6.92. The van der Waals surface area contributed by atoms with Gasteiger partial charge in [0.25, 0.3) is 23.6 Å². The Hall–Kier alpha value is -6.93. The molecule has 74 heavy (non-hydrogen) atoms. The van der Waals surface area contributed by atoms with Crippen LogP contribution in [0.1, 0.15) is 121 Å². The first kappa shape index (κ1) is 59.6. The molecular weight excluding hydrogens is 960 g/mol. The SMILES string of the molecule is C.CCC(=O)CCC(=O)O.CCCN(C)CCN1C(=O)c2ccc(OC)c3cc4ccccc4c(c23)C1=O.COc1ccc2c3c(c4ccccc4cc13)C(=O)N(CCN(C)CCCC(=O)CCC(C)=O)C2=O.P. The topological polar surface area (TPSA) is 188 Å². The number of carboxylic acids is 1. The van der Waals surface area contributed by atoms with Crippen LogP contribution in [0, 0.1) is 0 Å². The highest BCUT2D eigenvalue weighted by Gasteiger charge is 2.36. The summed E-state index contributed by atoms with van der Waals surface area (Å²) in [4.78, 5) is 104. The molecular formula is C58H71N4O11P. The Morgan fingerprint density at radius 1 is 0.554 bits per heavy atom. The molecule has 0 aliphatic carbocycles. The molecule has 16 heteroatoms. The lowest BCUT2D eigenvalue weighted by Gasteiger charge is -2.30. The van der Waals surface area contributed by atoms with Gasteiger partial charge in [0.2, 0.25) is 0 Å². The van der Waals surface area contributed by atoms with Crippen molar-refractivity contribution in [2.45, 2.75) is 79.6 Å². The number of likely N-dealkylation sites (N-methyl/N-ethyl adjacent to an activating group) is 2. The summed E-state index contributed by atoms with van der Waals surface area (Å²) in [5.41, 5.74) is 2.19. The summed E-state index contributed by atoms with van der Waals surface area (Å²) in [5, 5.41) is 14.6. The molecule has 1 N–H and O–H groups in total. The third kappa shape index (κ3) is 13.6. The Morgan fingerprint density at radius 3 is 1.42 bits per heavy atom. The summed E-state index contributed by atoms with van der Waals surface area (Å²) >= 11 is 0. The van der Waals surface area contributed by atoms with E-state index in [1.54, 1.807) is 39.3 Å². The summed E-state index contributed by atoms with van der Waals surface area (Å²) in [5.74, 6) is -0.553. The lowest BCUT2D eigenvalue weighted by Crippen LogP contribution is -2.44. The number of Topliss-reactive ketones (excluding diaryl/α,β-unsaturated/α-hetero) is 3. The third-order valence-electron chi connectivity index (χ3n) is 13.1. The van der Waals surface area contributed by atoms with Gasteiger partial charge in [-0.3, -0.25) is 43.4 Å². The van der Waals surface area contributed by atoms with Crippen molar-refractivity contribution in [1.82, 2.24) is 19.6 Å². The lowest BCUT2D eigenvalue weighted by atomic mass is 9.89. The summed E-state index contributed by atoms with van der Waals surface area (Å²) in [6, 6.07) is 26.6. The number of ether oxygens (including phenoxy) is 2. The number of imide groups is 2. The lowest BCUT2D eigenvalue weighted by molar-refractivity contribution is -0.138. The fraction of sp³-hybridized carbons (Fsp3) is 0.379. The molecule has 15 nitrogen and oxygen atoms in total. The van der Waals surface area contributed by atoms with Crippen molar-refractivity contribution in [3.63, 3.8) is 0 Å². The smallest absolute Gasteiger partial charge is 0.303 e. The maximum absolute atomic E-state index is 13.6. The van der Waals surface area contributed by atoms with Crippen molar-refractivity contribution in [3.8, 4) is 11.5 Å². The zero-order valence-corrected chi connectivity index (χ0v) is 44.4. The number of aliphatic carboxylic acids is 1. The first-order chi connectivity index (χ1) is 34.5. The fourth-order valence-corrected chi connectivity index (χ4v) is 9.17. The molecule has 0 fully saturated rings. The molecule has 0 saturated carbocycles. The largest absolute Gasteiger partial charge is 0.496 e. The molecule has 2 aliphatic heterocycles. The second-order valence-corrected chi connectivity index (χ2v) is 18.2. The van der Waals surface area contributed by atoms with Gasteiger partial charge in [-0.2, -0.15) is 9.90 Å². The minimum atomic E-state index is -0.906. The van der Waals surface area contributed by atoms with Crippen molar-refractivity contribution in [3.05, 3.63) is 107 Å². The highest BCUT2D eigenvalue weighted by Crippen LogP contribution is 2.41. The molecule has 394 valence electrons. The predicted octanol–water partition coefficient (Wildman–Crippen LogP) is 9.71. The molecule has 2 aliphatic rings. The van der Waals surface area contributed by atoms with Gasteiger partial charge in [-0.1, -0.05) is 69.8 Å². The van der Waals surface area contributed by atoms with Crippen LogP contribution in [0.4, 0.5) is 0 Å². The third-order valence-corrected chi connectivity index (χ3v) is 13.1. The van der Waals surface area contributed by atoms with Gasteiger partial charge in [0.15, 0.2) is 0 Å². The number of fused-ring (bicyclic) bond motifs is 4. The molecule has 6 aromatic rings. The van der Waals surface area contributed by atoms with Gasteiger partial charge in [0.05, 0.1) is 31.8 Å². The quantitative estimate of drug-likeness (QED) is 0.0408. The maximum Gasteiger partial charge on any atom is 0.303 e. The number of methoxy groups -OCH3 is 2. The number of carbonyl (C=O) groups excluding carboxylic acids is 7. The van der Waals surface area contributed by atoms with E-state index in [0.717, 1.165) is 45.3 Å². The second kappa shape index (κ2) is 27.4. The minimum absolute atomic E-state index is 0. The standard InChI is InChI=1S/C28H30N2O5.C23H24N2O3.C6H10O3.CH4.H3P/c1-18(31)10-11-20(32)8-6-14-29(2)15-16-30-27(33)22-12-13-24(35-3)23-17-19-7-4-5-9-21(19)26(25(22)23)28(30)34;1-4-11-24(2)12-13-25-22(26)17-9-10-19(28-3)18-14-15-7-5-6-8-16(15)21(20(17)18)23(25)27;1-2-5(7)3-4-6(8)9;;/h4-5,7,9,12-13,17H,6,8,10-11,14-16H2,1-3H3;5-10,14H,4,11-13H2,1-3H3;2-4H2,1H3,(H,8,9);1H4;1H3. The Labute approximate surface area is 436 Å². The van der Waals surface area contributed by atoms with E-state index in [-0.39, 0.29) is 77.7 Å². The van der Waals surface area contributed by atoms with E-state index >= 15 is 0 Å². The van der Waals surface area contributed by atoms with E-state index in [1.165, 1.54) is 16.7 Å². The zero-order chi connectivity index (χ0) is 52.2. The molecule has 6 aromatic carbocycles. The molecule has 0 bridgehead atoms. The molecule has 8 rings (SSSR count). The van der Waals surface area contributed by atoms with Crippen LogP contribution in [0.5, 0.6) is 11.5 Å². The Kier molecular flexibility index (Phi) is 22.1. The fourth-order valence-electron chi connectivity index (χ4n) is 9.17. The molecule has 1 atom stereocenters. The van der Waals surface area contributed by atoms with Gasteiger partial charge in [-0.25, -0.2) is 0 Å². The summed E-state index contributed by atoms with van der Waals surface area (Å²) in [6.45, 7) is 8.71. The summed E-state index contributed by atoms with van der Waals surface area (Å²) in [7, 11) is 7.11.